The third kappa shape index (κ3) is 6.02. The highest BCUT2D eigenvalue weighted by Crippen LogP contribution is 2.36. The van der Waals surface area contributed by atoms with Gasteiger partial charge >= 0.3 is 7.69 Å². The van der Waals surface area contributed by atoms with Crippen LogP contribution in [0, 0.1) is 0 Å². The number of nitrogens with one attached hydrogen (secondary N) is 1. The van der Waals surface area contributed by atoms with Crippen molar-refractivity contribution in [3.63, 3.8) is 0 Å². The molecule has 0 bridgehead atoms. The lowest BCUT2D eigenvalue weighted by atomic mass is 10.1. The van der Waals surface area contributed by atoms with Gasteiger partial charge in [-0.05, 0) is 80.9 Å². The van der Waals surface area contributed by atoms with Gasteiger partial charge in [-0.15, -0.1) is 0 Å². The topological polar surface area (TPSA) is 105 Å². The van der Waals surface area contributed by atoms with Crippen LogP contribution >= 0.6 is 0 Å². The van der Waals surface area contributed by atoms with Crippen LogP contribution in [0.5, 0.6) is 11.5 Å². The molecule has 2 N–H and O–H groups in total. The number of carbonyl (C=O) groups excluding carboxylic acids is 1. The Balaban J connectivity index is 1.72. The number of aryl methyl sites for hydroxylation is 1. The molecule has 8 nitrogen and oxygen atoms in total. The van der Waals surface area contributed by atoms with Gasteiger partial charge in [0, 0.05) is 18.7 Å². The molecular formula is C22H29BN2O6S. The van der Waals surface area contributed by atoms with E-state index in [2.05, 4.69) is 5.32 Å². The van der Waals surface area contributed by atoms with E-state index in [9.17, 15) is 13.2 Å². The van der Waals surface area contributed by atoms with Crippen molar-refractivity contribution in [2.75, 3.05) is 26.5 Å². The molecule has 1 aliphatic rings. The molecule has 2 aromatic rings. The van der Waals surface area contributed by atoms with Gasteiger partial charge in [0.1, 0.15) is 11.5 Å². The third-order valence-corrected chi connectivity index (χ3v) is 7.57. The number of nitrogens with zero attached hydrogens (tertiary/aromatic N) is 1. The van der Waals surface area contributed by atoms with Crippen molar-refractivity contribution >= 4 is 29.1 Å². The van der Waals surface area contributed by atoms with Crippen LogP contribution < -0.4 is 14.7 Å². The van der Waals surface area contributed by atoms with Crippen LogP contribution in [0.4, 0.5) is 5.69 Å². The lowest BCUT2D eigenvalue weighted by Gasteiger charge is -2.16. The number of sulfone groups is 1. The van der Waals surface area contributed by atoms with Gasteiger partial charge in [-0.2, -0.15) is 0 Å². The van der Waals surface area contributed by atoms with E-state index < -0.39 is 17.5 Å². The molecule has 1 fully saturated rings. The van der Waals surface area contributed by atoms with E-state index in [1.165, 1.54) is 0 Å². The van der Waals surface area contributed by atoms with Crippen LogP contribution in [0.25, 0.3) is 0 Å². The van der Waals surface area contributed by atoms with Gasteiger partial charge in [-0.1, -0.05) is 0 Å². The number of benzene rings is 2. The molecule has 0 unspecified atom stereocenters. The Morgan fingerprint density at radius 2 is 1.94 bits per heavy atom. The predicted octanol–water partition coefficient (Wildman–Crippen LogP) is 1.90. The molecule has 0 heterocycles. The van der Waals surface area contributed by atoms with Crippen LogP contribution in [0.15, 0.2) is 41.3 Å². The Hall–Kier alpha value is -2.56. The van der Waals surface area contributed by atoms with Crippen molar-refractivity contribution in [1.82, 2.24) is 4.90 Å². The smallest absolute Gasteiger partial charge is 0.504 e. The monoisotopic (exact) mass is 460 g/mol. The van der Waals surface area contributed by atoms with Crippen LogP contribution in [-0.4, -0.2) is 58.4 Å². The zero-order chi connectivity index (χ0) is 23.3. The minimum absolute atomic E-state index is 0.198. The molecule has 0 aliphatic heterocycles. The molecule has 1 aliphatic carbocycles. The van der Waals surface area contributed by atoms with Crippen LogP contribution in [0.2, 0.25) is 0 Å². The van der Waals surface area contributed by atoms with E-state index in [0.29, 0.717) is 53.5 Å². The zero-order valence-corrected chi connectivity index (χ0v) is 19.4. The molecule has 0 radical (unpaired) electrons. The second kappa shape index (κ2) is 10.4. The number of hydrogen-bond donors (Lipinski definition) is 2. The highest BCUT2D eigenvalue weighted by Gasteiger charge is 2.38. The number of anilines is 1. The summed E-state index contributed by atoms with van der Waals surface area (Å²) in [5.74, 6) is 0.921. The Labute approximate surface area is 189 Å². The maximum Gasteiger partial charge on any atom is 0.504 e. The quantitative estimate of drug-likeness (QED) is 0.494. The number of methoxy groups -OCH3 is 1. The predicted molar refractivity (Wildman–Crippen MR) is 124 cm³/mol. The number of amides is 1. The fraction of sp³-hybridized carbons (Fsp3) is 0.409. The second-order valence-electron chi connectivity index (χ2n) is 8.10. The first-order valence-electron chi connectivity index (χ1n) is 10.5. The molecule has 0 aromatic heterocycles. The SMILES string of the molecule is COc1ccc(OBO)cc1CCC(=O)Nc1ccc(S(=O)(=O)C2CC2)c(CN(C)C)c1. The van der Waals surface area contributed by atoms with Crippen LogP contribution in [0.1, 0.15) is 30.4 Å². The summed E-state index contributed by atoms with van der Waals surface area (Å²) in [7, 11) is 1.53. The van der Waals surface area contributed by atoms with E-state index in [1.807, 2.05) is 19.0 Å². The fourth-order valence-corrected chi connectivity index (χ4v) is 5.41. The van der Waals surface area contributed by atoms with Crippen LogP contribution in [-0.2, 0) is 27.6 Å². The van der Waals surface area contributed by atoms with E-state index in [0.717, 1.165) is 5.56 Å². The van der Waals surface area contributed by atoms with E-state index >= 15 is 0 Å². The van der Waals surface area contributed by atoms with Gasteiger partial charge in [0.2, 0.25) is 5.91 Å². The summed E-state index contributed by atoms with van der Waals surface area (Å²) in [6.45, 7) is 0.458. The molecule has 0 atom stereocenters. The van der Waals surface area contributed by atoms with Gasteiger partial charge in [0.15, 0.2) is 9.84 Å². The largest absolute Gasteiger partial charge is 0.539 e. The lowest BCUT2D eigenvalue weighted by Crippen LogP contribution is -2.18. The van der Waals surface area contributed by atoms with Gasteiger partial charge in [0.25, 0.3) is 0 Å². The molecule has 2 aromatic carbocycles. The van der Waals surface area contributed by atoms with Gasteiger partial charge < -0.3 is 24.6 Å². The first-order valence-corrected chi connectivity index (χ1v) is 12.0. The maximum absolute atomic E-state index is 12.8. The van der Waals surface area contributed by atoms with Gasteiger partial charge in [-0.25, -0.2) is 8.42 Å². The normalized spacial score (nSPS) is 13.7. The molecule has 1 amide bonds. The van der Waals surface area contributed by atoms with Crippen molar-refractivity contribution in [2.45, 2.75) is 42.4 Å². The Morgan fingerprint density at radius 3 is 2.56 bits per heavy atom. The summed E-state index contributed by atoms with van der Waals surface area (Å²) in [5.41, 5.74) is 2.02. The molecule has 172 valence electrons. The first kappa shape index (κ1) is 24.1. The average molecular weight is 460 g/mol. The van der Waals surface area contributed by atoms with Crippen molar-refractivity contribution in [1.29, 1.82) is 0 Å². The summed E-state index contributed by atoms with van der Waals surface area (Å²) in [5, 5.41) is 11.5. The van der Waals surface area contributed by atoms with Gasteiger partial charge in [-0.3, -0.25) is 4.79 Å². The number of hydrogen-bond acceptors (Lipinski definition) is 7. The number of ether oxygens (including phenoxy) is 1. The Bertz CT molecular complexity index is 1070. The Morgan fingerprint density at radius 1 is 1.19 bits per heavy atom. The second-order valence-corrected chi connectivity index (χ2v) is 10.3. The van der Waals surface area contributed by atoms with Crippen molar-refractivity contribution in [3.8, 4) is 11.5 Å². The van der Waals surface area contributed by atoms with Crippen molar-refractivity contribution in [2.24, 2.45) is 0 Å². The van der Waals surface area contributed by atoms with E-state index in [1.54, 1.807) is 43.5 Å². The third-order valence-electron chi connectivity index (χ3n) is 5.21. The summed E-state index contributed by atoms with van der Waals surface area (Å²) < 4.78 is 36.0. The molecule has 3 rings (SSSR count). The van der Waals surface area contributed by atoms with E-state index in [4.69, 9.17) is 14.4 Å². The first-order chi connectivity index (χ1) is 15.2. The summed E-state index contributed by atoms with van der Waals surface area (Å²) in [4.78, 5) is 14.8. The summed E-state index contributed by atoms with van der Waals surface area (Å²) in [6.07, 6.45) is 2.02. The highest BCUT2D eigenvalue weighted by atomic mass is 32.2. The zero-order valence-electron chi connectivity index (χ0n) is 18.6. The van der Waals surface area contributed by atoms with Crippen molar-refractivity contribution in [3.05, 3.63) is 47.5 Å². The molecule has 0 spiro atoms. The fourth-order valence-electron chi connectivity index (χ4n) is 3.54. The number of carbonyl (C=O) groups is 1. The Kier molecular flexibility index (Phi) is 7.81. The lowest BCUT2D eigenvalue weighted by molar-refractivity contribution is -0.116. The standard InChI is InChI=1S/C22H29BN2O6S/c1-25(2)14-16-12-17(5-10-21(16)32(28,29)19-7-8-19)24-22(26)11-4-15-13-18(31-23-27)6-9-20(15)30-3/h5-6,9-10,12-13,19,23,27H,4,7-8,11,14H2,1-3H3,(H,24,26). The summed E-state index contributed by atoms with van der Waals surface area (Å²) in [6, 6.07) is 10.1. The minimum Gasteiger partial charge on any atom is -0.539 e. The number of rotatable bonds is 11. The molecule has 1 saturated carbocycles. The van der Waals surface area contributed by atoms with Crippen molar-refractivity contribution < 1.29 is 27.6 Å². The summed E-state index contributed by atoms with van der Waals surface area (Å²) >= 11 is 0. The minimum atomic E-state index is -3.33. The van der Waals surface area contributed by atoms with Crippen LogP contribution in [0.3, 0.4) is 0 Å². The molecule has 10 heteroatoms. The average Bonchev–Trinajstić information content (AvgIpc) is 3.58. The highest BCUT2D eigenvalue weighted by molar-refractivity contribution is 7.92. The molecule has 32 heavy (non-hydrogen) atoms. The van der Waals surface area contributed by atoms with Gasteiger partial charge in [0.05, 0.1) is 17.3 Å². The molecule has 0 saturated heterocycles. The maximum atomic E-state index is 12.8. The molecular weight excluding hydrogens is 431 g/mol. The van der Waals surface area contributed by atoms with E-state index in [-0.39, 0.29) is 17.6 Å².